The maximum Gasteiger partial charge on any atom is 0.326 e. The van der Waals surface area contributed by atoms with Crippen LogP contribution in [0.2, 0.25) is 0 Å². The Bertz CT molecular complexity index is 988. The highest BCUT2D eigenvalue weighted by atomic mass is 16.5. The Labute approximate surface area is 182 Å². The number of Topliss-reactive ketones (excluding diaryl/α,β-unsaturated/α-hetero) is 1. The molecule has 1 amide bonds. The van der Waals surface area contributed by atoms with Gasteiger partial charge in [-0.15, -0.1) is 0 Å². The summed E-state index contributed by atoms with van der Waals surface area (Å²) in [7, 11) is 0. The molecule has 2 N–H and O–H groups in total. The number of benzene rings is 1. The first kappa shape index (κ1) is 20.3. The standard InChI is InChI=1S/C25H30N2O4/c1-15(24(30)20-13-26-21-5-3-2-4-19(20)21)31-23(29)14-27-22(28)12-25-9-16-6-17(10-25)8-18(7-16)11-25/h2-5,13,15-18,26H,6-12,14H2,1H3,(H,27,28)/t15-,16?,17?,18?,25?/m1/s1. The lowest BCUT2D eigenvalue weighted by molar-refractivity contribution is -0.147. The fraction of sp³-hybridized carbons (Fsp3) is 0.560. The first-order valence-electron chi connectivity index (χ1n) is 11.5. The van der Waals surface area contributed by atoms with Gasteiger partial charge in [0.05, 0.1) is 0 Å². The summed E-state index contributed by atoms with van der Waals surface area (Å²) in [4.78, 5) is 40.6. The average Bonchev–Trinajstić information content (AvgIpc) is 3.14. The third kappa shape index (κ3) is 4.00. The average molecular weight is 423 g/mol. The summed E-state index contributed by atoms with van der Waals surface area (Å²) in [6.07, 6.45) is 8.75. The van der Waals surface area contributed by atoms with Crippen molar-refractivity contribution in [2.75, 3.05) is 6.54 Å². The van der Waals surface area contributed by atoms with E-state index in [-0.39, 0.29) is 23.7 Å². The first-order valence-corrected chi connectivity index (χ1v) is 11.5. The molecule has 1 heterocycles. The van der Waals surface area contributed by atoms with Gasteiger partial charge in [0.1, 0.15) is 6.54 Å². The number of hydrogen-bond acceptors (Lipinski definition) is 4. The second-order valence-electron chi connectivity index (χ2n) is 10.1. The fourth-order valence-corrected chi connectivity index (χ4v) is 6.87. The zero-order valence-electron chi connectivity index (χ0n) is 18.0. The van der Waals surface area contributed by atoms with Gasteiger partial charge in [-0.3, -0.25) is 14.4 Å². The third-order valence-electron chi connectivity index (χ3n) is 7.66. The van der Waals surface area contributed by atoms with Crippen LogP contribution in [0.25, 0.3) is 10.9 Å². The number of carbonyl (C=O) groups is 3. The lowest BCUT2D eigenvalue weighted by Crippen LogP contribution is -2.48. The van der Waals surface area contributed by atoms with Crippen LogP contribution in [0.15, 0.2) is 30.5 Å². The highest BCUT2D eigenvalue weighted by molar-refractivity contribution is 6.10. The molecule has 4 saturated carbocycles. The van der Waals surface area contributed by atoms with E-state index in [9.17, 15) is 14.4 Å². The normalized spacial score (nSPS) is 29.6. The van der Waals surface area contributed by atoms with Gasteiger partial charge in [-0.25, -0.2) is 0 Å². The number of carbonyl (C=O) groups excluding carboxylic acids is 3. The maximum atomic E-state index is 12.7. The van der Waals surface area contributed by atoms with Crippen molar-refractivity contribution in [1.29, 1.82) is 0 Å². The summed E-state index contributed by atoms with van der Waals surface area (Å²) >= 11 is 0. The van der Waals surface area contributed by atoms with Crippen molar-refractivity contribution >= 4 is 28.6 Å². The van der Waals surface area contributed by atoms with E-state index in [1.807, 2.05) is 24.3 Å². The summed E-state index contributed by atoms with van der Waals surface area (Å²) in [5.41, 5.74) is 1.50. The number of ketones is 1. The lowest BCUT2D eigenvalue weighted by atomic mass is 9.49. The molecule has 1 atom stereocenters. The van der Waals surface area contributed by atoms with E-state index < -0.39 is 12.1 Å². The van der Waals surface area contributed by atoms with E-state index in [1.165, 1.54) is 19.3 Å². The van der Waals surface area contributed by atoms with E-state index in [0.717, 1.165) is 47.9 Å². The summed E-state index contributed by atoms with van der Waals surface area (Å²) in [5.74, 6) is 1.46. The van der Waals surface area contributed by atoms with Gasteiger partial charge in [-0.05, 0) is 74.7 Å². The molecule has 1 aromatic heterocycles. The summed E-state index contributed by atoms with van der Waals surface area (Å²) in [6.45, 7) is 1.37. The Morgan fingerprint density at radius 3 is 2.42 bits per heavy atom. The van der Waals surface area contributed by atoms with E-state index in [0.29, 0.717) is 12.0 Å². The molecule has 6 rings (SSSR count). The summed E-state index contributed by atoms with van der Waals surface area (Å²) in [6, 6.07) is 7.51. The van der Waals surface area contributed by atoms with Gasteiger partial charge in [0.25, 0.3) is 0 Å². The van der Waals surface area contributed by atoms with Crippen LogP contribution in [-0.4, -0.2) is 35.3 Å². The minimum absolute atomic E-state index is 0.0745. The number of nitrogens with one attached hydrogen (secondary N) is 2. The van der Waals surface area contributed by atoms with Gasteiger partial charge in [0.2, 0.25) is 11.7 Å². The van der Waals surface area contributed by atoms with Crippen molar-refractivity contribution in [3.63, 3.8) is 0 Å². The van der Waals surface area contributed by atoms with Crippen LogP contribution in [-0.2, 0) is 14.3 Å². The molecule has 31 heavy (non-hydrogen) atoms. The van der Waals surface area contributed by atoms with Crippen LogP contribution in [0.1, 0.15) is 62.2 Å². The first-order chi connectivity index (χ1) is 14.9. The molecule has 0 saturated heterocycles. The number of esters is 1. The van der Waals surface area contributed by atoms with Crippen LogP contribution in [0.5, 0.6) is 0 Å². The van der Waals surface area contributed by atoms with Gasteiger partial charge >= 0.3 is 5.97 Å². The van der Waals surface area contributed by atoms with Crippen LogP contribution >= 0.6 is 0 Å². The lowest BCUT2D eigenvalue weighted by Gasteiger charge is -2.56. The number of H-pyrrole nitrogens is 1. The van der Waals surface area contributed by atoms with Crippen molar-refractivity contribution < 1.29 is 19.1 Å². The van der Waals surface area contributed by atoms with Gasteiger partial charge in [-0.2, -0.15) is 0 Å². The summed E-state index contributed by atoms with van der Waals surface area (Å²) in [5, 5.41) is 3.54. The van der Waals surface area contributed by atoms with Gasteiger partial charge in [0, 0.05) is 29.1 Å². The summed E-state index contributed by atoms with van der Waals surface area (Å²) < 4.78 is 5.31. The van der Waals surface area contributed by atoms with Crippen molar-refractivity contribution in [2.45, 2.75) is 58.0 Å². The molecular weight excluding hydrogens is 392 g/mol. The zero-order valence-corrected chi connectivity index (χ0v) is 18.0. The molecule has 6 heteroatoms. The smallest absolute Gasteiger partial charge is 0.326 e. The van der Waals surface area contributed by atoms with Crippen LogP contribution in [0.3, 0.4) is 0 Å². The van der Waals surface area contributed by atoms with E-state index >= 15 is 0 Å². The molecule has 1 aromatic carbocycles. The van der Waals surface area contributed by atoms with Crippen LogP contribution in [0.4, 0.5) is 0 Å². The Hall–Kier alpha value is -2.63. The minimum atomic E-state index is -0.910. The predicted octanol–water partition coefficient (Wildman–Crippen LogP) is 4.01. The Morgan fingerprint density at radius 1 is 1.10 bits per heavy atom. The number of ether oxygens (including phenoxy) is 1. The second kappa shape index (κ2) is 7.81. The van der Waals surface area contributed by atoms with Crippen LogP contribution in [0, 0.1) is 23.2 Å². The van der Waals surface area contributed by atoms with Gasteiger partial charge in [0.15, 0.2) is 6.10 Å². The van der Waals surface area contributed by atoms with Gasteiger partial charge < -0.3 is 15.0 Å². The molecule has 4 aliphatic rings. The Kier molecular flexibility index (Phi) is 5.11. The highest BCUT2D eigenvalue weighted by Gasteiger charge is 2.51. The monoisotopic (exact) mass is 422 g/mol. The molecule has 0 spiro atoms. The SMILES string of the molecule is C[C@@H](OC(=O)CNC(=O)CC12CC3CC(CC(C3)C1)C2)C(=O)c1c[nH]c2ccccc12. The van der Waals surface area contributed by atoms with Crippen LogP contribution < -0.4 is 5.32 Å². The number of hydrogen-bond donors (Lipinski definition) is 2. The molecule has 2 aromatic rings. The topological polar surface area (TPSA) is 88.3 Å². The zero-order chi connectivity index (χ0) is 21.6. The van der Waals surface area contributed by atoms with Crippen molar-refractivity contribution in [3.8, 4) is 0 Å². The molecule has 4 fully saturated rings. The van der Waals surface area contributed by atoms with Gasteiger partial charge in [-0.1, -0.05) is 18.2 Å². The highest BCUT2D eigenvalue weighted by Crippen LogP contribution is 2.61. The molecule has 0 aliphatic heterocycles. The number of fused-ring (bicyclic) bond motifs is 1. The van der Waals surface area contributed by atoms with Crippen molar-refractivity contribution in [2.24, 2.45) is 23.2 Å². The molecular formula is C25H30N2O4. The number of aromatic nitrogens is 1. The molecule has 0 unspecified atom stereocenters. The Morgan fingerprint density at radius 2 is 1.74 bits per heavy atom. The maximum absolute atomic E-state index is 12.7. The quantitative estimate of drug-likeness (QED) is 0.521. The minimum Gasteiger partial charge on any atom is -0.453 e. The largest absolute Gasteiger partial charge is 0.453 e. The third-order valence-corrected chi connectivity index (χ3v) is 7.66. The number of rotatable bonds is 7. The van der Waals surface area contributed by atoms with Crippen molar-refractivity contribution in [3.05, 3.63) is 36.0 Å². The molecule has 4 bridgehead atoms. The number of amides is 1. The van der Waals surface area contributed by atoms with E-state index in [1.54, 1.807) is 13.1 Å². The second-order valence-corrected chi connectivity index (χ2v) is 10.1. The fourth-order valence-electron chi connectivity index (χ4n) is 6.87. The van der Waals surface area contributed by atoms with E-state index in [4.69, 9.17) is 4.74 Å². The predicted molar refractivity (Wildman–Crippen MR) is 116 cm³/mol. The molecule has 4 aliphatic carbocycles. The number of para-hydroxylation sites is 1. The number of aromatic amines is 1. The van der Waals surface area contributed by atoms with Crippen molar-refractivity contribution in [1.82, 2.24) is 10.3 Å². The molecule has 6 nitrogen and oxygen atoms in total. The molecule has 164 valence electrons. The Balaban J connectivity index is 1.12. The molecule has 0 radical (unpaired) electrons. The van der Waals surface area contributed by atoms with E-state index in [2.05, 4.69) is 10.3 Å².